The Kier molecular flexibility index (Phi) is 5.90. The normalized spacial score (nSPS) is 10.6. The summed E-state index contributed by atoms with van der Waals surface area (Å²) in [6.45, 7) is 0. The fraction of sp³-hybridized carbons (Fsp3) is 0. The second-order valence-electron chi connectivity index (χ2n) is 7.84. The van der Waals surface area contributed by atoms with Crippen LogP contribution in [0, 0.1) is 0 Å². The molecule has 5 aromatic rings. The van der Waals surface area contributed by atoms with Crippen molar-refractivity contribution in [1.29, 1.82) is 0 Å². The van der Waals surface area contributed by atoms with Gasteiger partial charge in [-0.25, -0.2) is 0 Å². The van der Waals surface area contributed by atoms with E-state index in [4.69, 9.17) is 4.74 Å². The summed E-state index contributed by atoms with van der Waals surface area (Å²) in [5.41, 5.74) is 5.23. The molecular formula is C27H21BN4O2. The predicted molar refractivity (Wildman–Crippen MR) is 138 cm³/mol. The maximum atomic E-state index is 12.7. The van der Waals surface area contributed by atoms with Gasteiger partial charge in [0.15, 0.2) is 0 Å². The zero-order valence-corrected chi connectivity index (χ0v) is 18.5. The Morgan fingerprint density at radius 1 is 0.765 bits per heavy atom. The quantitative estimate of drug-likeness (QED) is 0.372. The van der Waals surface area contributed by atoms with Crippen LogP contribution in [0.2, 0.25) is 0 Å². The van der Waals surface area contributed by atoms with Gasteiger partial charge >= 0.3 is 0 Å². The molecule has 1 amide bonds. The number of nitrogens with one attached hydrogen (secondary N) is 2. The van der Waals surface area contributed by atoms with Crippen molar-refractivity contribution in [2.45, 2.75) is 0 Å². The third-order valence-corrected chi connectivity index (χ3v) is 5.32. The van der Waals surface area contributed by atoms with E-state index in [1.165, 1.54) is 5.46 Å². The Hall–Kier alpha value is -4.65. The number of benzene rings is 3. The van der Waals surface area contributed by atoms with Gasteiger partial charge in [-0.15, -0.1) is 0 Å². The topological polar surface area (TPSA) is 76.1 Å². The number of pyridine rings is 2. The van der Waals surface area contributed by atoms with E-state index in [1.807, 2.05) is 42.5 Å². The van der Waals surface area contributed by atoms with Crippen LogP contribution >= 0.6 is 0 Å². The lowest BCUT2D eigenvalue weighted by atomic mass is 9.94. The van der Waals surface area contributed by atoms with Gasteiger partial charge in [0.1, 0.15) is 19.3 Å². The van der Waals surface area contributed by atoms with E-state index in [9.17, 15) is 4.79 Å². The minimum atomic E-state index is -0.181. The van der Waals surface area contributed by atoms with Crippen molar-refractivity contribution in [3.05, 3.63) is 109 Å². The van der Waals surface area contributed by atoms with Crippen molar-refractivity contribution >= 4 is 47.2 Å². The van der Waals surface area contributed by atoms with Gasteiger partial charge < -0.3 is 15.4 Å². The van der Waals surface area contributed by atoms with E-state index >= 15 is 0 Å². The number of hydrogen-bond donors (Lipinski definition) is 2. The number of carbonyl (C=O) groups excluding carboxylic acids is 1. The molecule has 6 nitrogen and oxygen atoms in total. The van der Waals surface area contributed by atoms with Gasteiger partial charge in [0.2, 0.25) is 0 Å². The molecule has 0 saturated carbocycles. The summed E-state index contributed by atoms with van der Waals surface area (Å²) in [5.74, 6) is 1.20. The Labute approximate surface area is 198 Å². The van der Waals surface area contributed by atoms with E-state index in [2.05, 4.69) is 34.5 Å². The molecular weight excluding hydrogens is 423 g/mol. The zero-order chi connectivity index (χ0) is 23.3. The lowest BCUT2D eigenvalue weighted by molar-refractivity contribution is 0.102. The standard InChI is InChI=1S/C27H21BN4O2/c28-19-3-10-25-24(17-19)26(13-16-30-25)31-20-4-1-18(2-5-20)27(33)32-21-6-8-22(9-7-21)34-23-11-14-29-15-12-23/h1-17H,28H2,(H,30,31)(H,32,33). The summed E-state index contributed by atoms with van der Waals surface area (Å²) in [4.78, 5) is 21.1. The van der Waals surface area contributed by atoms with Crippen LogP contribution in [0.3, 0.4) is 0 Å². The number of aromatic nitrogens is 2. The van der Waals surface area contributed by atoms with Crippen LogP contribution < -0.4 is 20.8 Å². The van der Waals surface area contributed by atoms with Gasteiger partial charge in [0, 0.05) is 46.6 Å². The highest BCUT2D eigenvalue weighted by molar-refractivity contribution is 6.33. The lowest BCUT2D eigenvalue weighted by Gasteiger charge is -2.11. The molecule has 5 rings (SSSR count). The van der Waals surface area contributed by atoms with Crippen LogP contribution in [0.5, 0.6) is 11.5 Å². The van der Waals surface area contributed by atoms with E-state index in [0.717, 1.165) is 22.3 Å². The first-order valence-electron chi connectivity index (χ1n) is 10.9. The molecule has 2 N–H and O–H groups in total. The summed E-state index contributed by atoms with van der Waals surface area (Å²) in [6, 6.07) is 26.3. The Balaban J connectivity index is 1.24. The lowest BCUT2D eigenvalue weighted by Crippen LogP contribution is -2.11. The Bertz CT molecular complexity index is 1440. The largest absolute Gasteiger partial charge is 0.457 e. The minimum absolute atomic E-state index is 0.181. The van der Waals surface area contributed by atoms with Crippen molar-refractivity contribution in [2.24, 2.45) is 0 Å². The Morgan fingerprint density at radius 2 is 1.47 bits per heavy atom. The number of anilines is 3. The molecule has 0 aliphatic rings. The molecule has 0 fully saturated rings. The minimum Gasteiger partial charge on any atom is -0.457 e. The third kappa shape index (κ3) is 4.89. The van der Waals surface area contributed by atoms with Gasteiger partial charge in [-0.05, 0) is 72.8 Å². The summed E-state index contributed by atoms with van der Waals surface area (Å²) >= 11 is 0. The number of amides is 1. The van der Waals surface area contributed by atoms with Crippen molar-refractivity contribution in [3.63, 3.8) is 0 Å². The van der Waals surface area contributed by atoms with Gasteiger partial charge in [-0.1, -0.05) is 17.6 Å². The van der Waals surface area contributed by atoms with Crippen molar-refractivity contribution in [3.8, 4) is 11.5 Å². The van der Waals surface area contributed by atoms with E-state index in [0.29, 0.717) is 22.7 Å². The van der Waals surface area contributed by atoms with Crippen molar-refractivity contribution in [2.75, 3.05) is 10.6 Å². The first kappa shape index (κ1) is 21.2. The van der Waals surface area contributed by atoms with Crippen LogP contribution in [-0.2, 0) is 0 Å². The monoisotopic (exact) mass is 444 g/mol. The Morgan fingerprint density at radius 3 is 2.24 bits per heavy atom. The van der Waals surface area contributed by atoms with Gasteiger partial charge in [-0.2, -0.15) is 0 Å². The van der Waals surface area contributed by atoms with Gasteiger partial charge in [0.25, 0.3) is 5.91 Å². The highest BCUT2D eigenvalue weighted by Crippen LogP contribution is 2.25. The van der Waals surface area contributed by atoms with Crippen molar-refractivity contribution in [1.82, 2.24) is 9.97 Å². The van der Waals surface area contributed by atoms with E-state index in [-0.39, 0.29) is 5.91 Å². The second kappa shape index (κ2) is 9.46. The first-order valence-corrected chi connectivity index (χ1v) is 10.9. The molecule has 0 atom stereocenters. The number of hydrogen-bond acceptors (Lipinski definition) is 5. The maximum Gasteiger partial charge on any atom is 0.255 e. The van der Waals surface area contributed by atoms with Gasteiger partial charge in [-0.3, -0.25) is 14.8 Å². The fourth-order valence-corrected chi connectivity index (χ4v) is 3.58. The zero-order valence-electron chi connectivity index (χ0n) is 18.5. The molecule has 2 heterocycles. The molecule has 3 aromatic carbocycles. The summed E-state index contributed by atoms with van der Waals surface area (Å²) in [7, 11) is 2.06. The number of carbonyl (C=O) groups is 1. The first-order chi connectivity index (χ1) is 16.6. The van der Waals surface area contributed by atoms with Crippen LogP contribution in [0.15, 0.2) is 104 Å². The van der Waals surface area contributed by atoms with Crippen LogP contribution in [0.1, 0.15) is 10.4 Å². The highest BCUT2D eigenvalue weighted by Gasteiger charge is 2.08. The van der Waals surface area contributed by atoms with Crippen LogP contribution in [-0.4, -0.2) is 23.7 Å². The van der Waals surface area contributed by atoms with Gasteiger partial charge in [0.05, 0.1) is 5.52 Å². The highest BCUT2D eigenvalue weighted by atomic mass is 16.5. The third-order valence-electron chi connectivity index (χ3n) is 5.32. The molecule has 0 saturated heterocycles. The molecule has 0 spiro atoms. The van der Waals surface area contributed by atoms with Crippen LogP contribution in [0.25, 0.3) is 10.9 Å². The molecule has 34 heavy (non-hydrogen) atoms. The summed E-state index contributed by atoms with van der Waals surface area (Å²) < 4.78 is 5.75. The molecule has 0 radical (unpaired) electrons. The molecule has 7 heteroatoms. The van der Waals surface area contributed by atoms with Crippen molar-refractivity contribution < 1.29 is 9.53 Å². The second-order valence-corrected chi connectivity index (χ2v) is 7.84. The number of rotatable bonds is 6. The molecule has 0 aliphatic carbocycles. The molecule has 164 valence electrons. The van der Waals surface area contributed by atoms with E-state index in [1.54, 1.807) is 55.0 Å². The SMILES string of the molecule is Bc1ccc2nccc(Nc3ccc(C(=O)Nc4ccc(Oc5ccncc5)cc4)cc3)c2c1. The molecule has 0 aliphatic heterocycles. The summed E-state index contributed by atoms with van der Waals surface area (Å²) in [6.07, 6.45) is 5.13. The fourth-order valence-electron chi connectivity index (χ4n) is 3.58. The molecule has 0 unspecified atom stereocenters. The molecule has 0 bridgehead atoms. The van der Waals surface area contributed by atoms with Crippen LogP contribution in [0.4, 0.5) is 17.1 Å². The summed E-state index contributed by atoms with van der Waals surface area (Å²) in [5, 5.41) is 7.40. The average Bonchev–Trinajstić information content (AvgIpc) is 2.87. The predicted octanol–water partition coefficient (Wildman–Crippen LogP) is 4.68. The van der Waals surface area contributed by atoms with E-state index < -0.39 is 0 Å². The smallest absolute Gasteiger partial charge is 0.255 e. The molecule has 2 aromatic heterocycles. The number of fused-ring (bicyclic) bond motifs is 1. The number of nitrogens with zero attached hydrogens (tertiary/aromatic N) is 2. The average molecular weight is 444 g/mol. The maximum absolute atomic E-state index is 12.7. The number of ether oxygens (including phenoxy) is 1.